The molecule has 3 N–H and O–H groups in total. The molecule has 0 bridgehead atoms. The van der Waals surface area contributed by atoms with Crippen LogP contribution in [0.3, 0.4) is 0 Å². The number of nitrogens with zero attached hydrogens (tertiary/aromatic N) is 2. The number of benzene rings is 1. The topological polar surface area (TPSA) is 218 Å². The van der Waals surface area contributed by atoms with Gasteiger partial charge >= 0.3 is 11.9 Å². The van der Waals surface area contributed by atoms with Crippen molar-refractivity contribution in [2.75, 3.05) is 19.8 Å². The predicted octanol–water partition coefficient (Wildman–Crippen LogP) is 2.89. The highest BCUT2D eigenvalue weighted by Gasteiger charge is 2.40. The Labute approximate surface area is 261 Å². The van der Waals surface area contributed by atoms with Crippen molar-refractivity contribution in [1.29, 1.82) is 0 Å². The van der Waals surface area contributed by atoms with Gasteiger partial charge in [0.05, 0.1) is 24.9 Å². The number of ether oxygens (including phenoxy) is 2. The minimum atomic E-state index is -1.24. The third-order valence-electron chi connectivity index (χ3n) is 7.61. The fraction of sp³-hybridized carbons (Fsp3) is 0.667. The van der Waals surface area contributed by atoms with E-state index < -0.39 is 59.7 Å². The van der Waals surface area contributed by atoms with Gasteiger partial charge in [0.25, 0.3) is 10.2 Å². The number of rotatable bonds is 23. The molecule has 1 aliphatic carbocycles. The predicted molar refractivity (Wildman–Crippen MR) is 157 cm³/mol. The Kier molecular flexibility index (Phi) is 17.4. The number of hydrogen-bond acceptors (Lipinski definition) is 13. The number of esters is 2. The fourth-order valence-electron chi connectivity index (χ4n) is 5.27. The number of carbonyl (C=O) groups is 2. The second-order valence-electron chi connectivity index (χ2n) is 11.0. The summed E-state index contributed by atoms with van der Waals surface area (Å²) in [6.45, 7) is -1.45. The minimum Gasteiger partial charge on any atom is -0.462 e. The third kappa shape index (κ3) is 16.2. The molecule has 1 fully saturated rings. The Morgan fingerprint density at radius 3 is 2.31 bits per heavy atom. The lowest BCUT2D eigenvalue weighted by Gasteiger charge is -2.23. The van der Waals surface area contributed by atoms with Crippen LogP contribution in [-0.4, -0.2) is 81.7 Å². The first-order chi connectivity index (χ1) is 21.5. The molecule has 2 rings (SSSR count). The molecule has 0 saturated heterocycles. The molecule has 0 aliphatic heterocycles. The lowest BCUT2D eigenvalue weighted by molar-refractivity contribution is -0.759. The largest absolute Gasteiger partial charge is 0.462 e. The average molecular weight is 641 g/mol. The standard InChI is InChI=1S/C30H44N2O13/c33-23(15-14-22-9-4-3-5-10-22)16-17-26-25(27(34)19-28(26)35)11-6-1-2-7-12-29(36)42-20-24(21-44-32(40)41)45-30(37)13-8-18-43-31(38)39/h1,3-6,9-10,23-28,33-35H,2,7-8,11-21H2/b6-1-/t23-,24?,25+,26+,27-,28+/m0/s1. The number of allylic oxidation sites excluding steroid dienone is 2. The highest BCUT2D eigenvalue weighted by molar-refractivity contribution is 5.70. The quantitative estimate of drug-likeness (QED) is 0.0516. The molecule has 0 aromatic heterocycles. The molecule has 0 heterocycles. The van der Waals surface area contributed by atoms with Crippen LogP contribution < -0.4 is 0 Å². The SMILES string of the molecule is O=C(CCC/C=C\C[C@@H]1[C@@H](CC[C@@H](O)CCc2ccccc2)[C@H](O)C[C@@H]1O)OCC(CO[N+](=O)[O-])OC(=O)CCCO[N+](=O)[O-]. The molecule has 0 amide bonds. The maximum absolute atomic E-state index is 12.1. The molecule has 1 saturated carbocycles. The highest BCUT2D eigenvalue weighted by atomic mass is 17.0. The summed E-state index contributed by atoms with van der Waals surface area (Å²) < 4.78 is 10.1. The molecule has 0 spiro atoms. The summed E-state index contributed by atoms with van der Waals surface area (Å²) in [7, 11) is 0. The van der Waals surface area contributed by atoms with Gasteiger partial charge in [0.1, 0.15) is 13.2 Å². The Hall–Kier alpha value is -3.82. The Bertz CT molecular complexity index is 1070. The van der Waals surface area contributed by atoms with E-state index in [0.717, 1.165) is 12.0 Å². The Balaban J connectivity index is 1.68. The van der Waals surface area contributed by atoms with Gasteiger partial charge in [-0.15, -0.1) is 20.2 Å². The minimum absolute atomic E-state index is 0.0187. The van der Waals surface area contributed by atoms with E-state index in [2.05, 4.69) is 9.68 Å². The monoisotopic (exact) mass is 640 g/mol. The molecule has 1 unspecified atom stereocenters. The smallest absolute Gasteiger partial charge is 0.306 e. The molecule has 6 atom stereocenters. The molecular weight excluding hydrogens is 596 g/mol. The molecule has 1 aromatic rings. The van der Waals surface area contributed by atoms with Crippen molar-refractivity contribution in [3.05, 3.63) is 68.3 Å². The molecule has 0 radical (unpaired) electrons. The zero-order chi connectivity index (χ0) is 33.0. The molecule has 252 valence electrons. The molecule has 15 heteroatoms. The van der Waals surface area contributed by atoms with Gasteiger partial charge in [-0.05, 0) is 75.2 Å². The van der Waals surface area contributed by atoms with Crippen LogP contribution in [-0.2, 0) is 35.2 Å². The fourth-order valence-corrected chi connectivity index (χ4v) is 5.27. The van der Waals surface area contributed by atoms with E-state index in [9.17, 15) is 45.1 Å². The van der Waals surface area contributed by atoms with E-state index in [4.69, 9.17) is 9.47 Å². The lowest BCUT2D eigenvalue weighted by atomic mass is 9.85. The number of aliphatic hydroxyl groups is 3. The number of carbonyl (C=O) groups excluding carboxylic acids is 2. The van der Waals surface area contributed by atoms with Crippen molar-refractivity contribution in [3.8, 4) is 0 Å². The summed E-state index contributed by atoms with van der Waals surface area (Å²) in [6.07, 6.45) is 4.95. The first-order valence-electron chi connectivity index (χ1n) is 15.2. The maximum atomic E-state index is 12.1. The van der Waals surface area contributed by atoms with Gasteiger partial charge in [-0.2, -0.15) is 0 Å². The van der Waals surface area contributed by atoms with Gasteiger partial charge in [0.15, 0.2) is 6.10 Å². The molecule has 1 aromatic carbocycles. The van der Waals surface area contributed by atoms with Gasteiger partial charge < -0.3 is 34.5 Å². The molecule has 45 heavy (non-hydrogen) atoms. The van der Waals surface area contributed by atoms with E-state index >= 15 is 0 Å². The van der Waals surface area contributed by atoms with Crippen molar-refractivity contribution < 1.29 is 54.2 Å². The van der Waals surface area contributed by atoms with Crippen molar-refractivity contribution in [1.82, 2.24) is 0 Å². The highest BCUT2D eigenvalue weighted by Crippen LogP contribution is 2.38. The van der Waals surface area contributed by atoms with E-state index in [1.807, 2.05) is 42.5 Å². The van der Waals surface area contributed by atoms with Gasteiger partial charge in [-0.25, -0.2) is 0 Å². The van der Waals surface area contributed by atoms with Crippen LogP contribution >= 0.6 is 0 Å². The maximum Gasteiger partial charge on any atom is 0.306 e. The van der Waals surface area contributed by atoms with E-state index in [1.165, 1.54) is 0 Å². The second kappa shape index (κ2) is 21.0. The normalized spacial score (nSPS) is 20.8. The number of unbranched alkanes of at least 4 members (excludes halogenated alkanes) is 1. The van der Waals surface area contributed by atoms with E-state index in [-0.39, 0.29) is 37.7 Å². The second-order valence-corrected chi connectivity index (χ2v) is 11.0. The number of hydrogen-bond donors (Lipinski definition) is 3. The molecule has 1 aliphatic rings. The van der Waals surface area contributed by atoms with E-state index in [1.54, 1.807) is 0 Å². The Morgan fingerprint density at radius 1 is 0.911 bits per heavy atom. The Morgan fingerprint density at radius 2 is 1.60 bits per heavy atom. The van der Waals surface area contributed by atoms with Gasteiger partial charge in [0.2, 0.25) is 0 Å². The lowest BCUT2D eigenvalue weighted by Crippen LogP contribution is -2.30. The van der Waals surface area contributed by atoms with Crippen LogP contribution in [0.5, 0.6) is 0 Å². The number of aryl methyl sites for hydroxylation is 1. The summed E-state index contributed by atoms with van der Waals surface area (Å²) in [5.41, 5.74) is 1.16. The van der Waals surface area contributed by atoms with Crippen molar-refractivity contribution in [3.63, 3.8) is 0 Å². The van der Waals surface area contributed by atoms with Crippen LogP contribution in [0.1, 0.15) is 69.8 Å². The molecular formula is C30H44N2O13. The van der Waals surface area contributed by atoms with Crippen LogP contribution in [0.4, 0.5) is 0 Å². The molecule has 15 nitrogen and oxygen atoms in total. The first-order valence-corrected chi connectivity index (χ1v) is 15.2. The van der Waals surface area contributed by atoms with Crippen LogP contribution in [0.15, 0.2) is 42.5 Å². The zero-order valence-electron chi connectivity index (χ0n) is 25.2. The van der Waals surface area contributed by atoms with Crippen LogP contribution in [0.25, 0.3) is 0 Å². The van der Waals surface area contributed by atoms with Crippen molar-refractivity contribution in [2.45, 2.75) is 95.0 Å². The average Bonchev–Trinajstić information content (AvgIpc) is 3.27. The summed E-state index contributed by atoms with van der Waals surface area (Å²) in [6, 6.07) is 9.92. The summed E-state index contributed by atoms with van der Waals surface area (Å²) in [5, 5.41) is 50.0. The summed E-state index contributed by atoms with van der Waals surface area (Å²) in [4.78, 5) is 53.0. The first kappa shape index (κ1) is 37.4. The zero-order valence-corrected chi connectivity index (χ0v) is 25.2. The van der Waals surface area contributed by atoms with Crippen LogP contribution in [0.2, 0.25) is 0 Å². The van der Waals surface area contributed by atoms with Crippen LogP contribution in [0, 0.1) is 32.1 Å². The van der Waals surface area contributed by atoms with Crippen molar-refractivity contribution in [2.24, 2.45) is 11.8 Å². The summed E-state index contributed by atoms with van der Waals surface area (Å²) in [5.74, 6) is -1.68. The third-order valence-corrected chi connectivity index (χ3v) is 7.61. The van der Waals surface area contributed by atoms with Gasteiger partial charge in [-0.3, -0.25) is 9.59 Å². The van der Waals surface area contributed by atoms with Crippen molar-refractivity contribution >= 4 is 11.9 Å². The van der Waals surface area contributed by atoms with E-state index in [0.29, 0.717) is 44.9 Å². The summed E-state index contributed by atoms with van der Waals surface area (Å²) >= 11 is 0. The number of aliphatic hydroxyl groups excluding tert-OH is 3. The van der Waals surface area contributed by atoms with Gasteiger partial charge in [0, 0.05) is 12.8 Å². The van der Waals surface area contributed by atoms with Gasteiger partial charge in [-0.1, -0.05) is 42.5 Å².